The number of anilines is 1. The minimum Gasteiger partial charge on any atom is -0.508 e. The van der Waals surface area contributed by atoms with E-state index in [4.69, 9.17) is 23.8 Å². The molecule has 1 fully saturated rings. The average molecular weight is 375 g/mol. The summed E-state index contributed by atoms with van der Waals surface area (Å²) in [7, 11) is 0. The number of benzene rings is 2. The van der Waals surface area contributed by atoms with E-state index in [9.17, 15) is 19.8 Å². The Labute approximate surface area is 153 Å². The number of carbonyl (C=O) groups is 2. The van der Waals surface area contributed by atoms with E-state index in [1.54, 1.807) is 24.3 Å². The highest BCUT2D eigenvalue weighted by Crippen LogP contribution is 2.27. The van der Waals surface area contributed by atoms with Gasteiger partial charge in [-0.15, -0.1) is 0 Å². The average Bonchev–Trinajstić information content (AvgIpc) is 2.55. The first-order valence-corrected chi connectivity index (χ1v) is 7.84. The van der Waals surface area contributed by atoms with Gasteiger partial charge in [0.1, 0.15) is 17.1 Å². The Morgan fingerprint density at radius 2 is 1.76 bits per heavy atom. The predicted molar refractivity (Wildman–Crippen MR) is 97.4 cm³/mol. The summed E-state index contributed by atoms with van der Waals surface area (Å²) in [5.74, 6) is -1.71. The van der Waals surface area contributed by atoms with E-state index in [-0.39, 0.29) is 27.7 Å². The van der Waals surface area contributed by atoms with Gasteiger partial charge in [-0.05, 0) is 54.7 Å². The molecule has 0 bridgehead atoms. The van der Waals surface area contributed by atoms with Gasteiger partial charge in [0.15, 0.2) is 5.11 Å². The van der Waals surface area contributed by atoms with Crippen molar-refractivity contribution in [3.8, 4) is 11.5 Å². The second-order valence-corrected chi connectivity index (χ2v) is 6.00. The van der Waals surface area contributed by atoms with Gasteiger partial charge in [0.2, 0.25) is 0 Å². The number of thiocarbonyl (C=S) groups is 1. The SMILES string of the molecule is O=C1NC(=S)N(c2ccc(Cl)cc2)C(=O)C1=Cc1ccc(O)cc1O. The molecule has 0 atom stereocenters. The zero-order chi connectivity index (χ0) is 18.1. The van der Waals surface area contributed by atoms with Gasteiger partial charge in [0.25, 0.3) is 11.8 Å². The van der Waals surface area contributed by atoms with Gasteiger partial charge in [-0.25, -0.2) is 0 Å². The first kappa shape index (κ1) is 16.9. The Bertz CT molecular complexity index is 925. The Balaban J connectivity index is 2.03. The lowest BCUT2D eigenvalue weighted by Crippen LogP contribution is -2.54. The molecule has 3 N–H and O–H groups in total. The Morgan fingerprint density at radius 3 is 2.40 bits per heavy atom. The van der Waals surface area contributed by atoms with Gasteiger partial charge in [-0.3, -0.25) is 19.8 Å². The van der Waals surface area contributed by atoms with Crippen molar-refractivity contribution in [2.24, 2.45) is 0 Å². The Kier molecular flexibility index (Phi) is 4.43. The number of carbonyl (C=O) groups excluding carboxylic acids is 2. The molecule has 6 nitrogen and oxygen atoms in total. The quantitative estimate of drug-likeness (QED) is 0.427. The number of nitrogens with zero attached hydrogens (tertiary/aromatic N) is 1. The fourth-order valence-corrected chi connectivity index (χ4v) is 2.70. The van der Waals surface area contributed by atoms with Crippen molar-refractivity contribution in [1.82, 2.24) is 5.32 Å². The maximum Gasteiger partial charge on any atom is 0.270 e. The maximum atomic E-state index is 12.8. The number of hydrogen-bond donors (Lipinski definition) is 3. The molecule has 2 amide bonds. The fourth-order valence-electron chi connectivity index (χ4n) is 2.29. The van der Waals surface area contributed by atoms with Crippen molar-refractivity contribution in [2.75, 3.05) is 4.90 Å². The molecular formula is C17H11ClN2O4S. The highest BCUT2D eigenvalue weighted by atomic mass is 35.5. The third kappa shape index (κ3) is 3.33. The number of amides is 2. The molecule has 3 rings (SSSR count). The van der Waals surface area contributed by atoms with Gasteiger partial charge in [-0.1, -0.05) is 11.6 Å². The molecule has 25 heavy (non-hydrogen) atoms. The fraction of sp³-hybridized carbons (Fsp3) is 0. The highest BCUT2D eigenvalue weighted by molar-refractivity contribution is 7.80. The third-order valence-corrected chi connectivity index (χ3v) is 4.04. The van der Waals surface area contributed by atoms with Crippen LogP contribution in [0, 0.1) is 0 Å². The largest absolute Gasteiger partial charge is 0.508 e. The zero-order valence-corrected chi connectivity index (χ0v) is 14.1. The van der Waals surface area contributed by atoms with E-state index in [0.29, 0.717) is 10.7 Å². The van der Waals surface area contributed by atoms with E-state index in [1.807, 2.05) is 0 Å². The Hall–Kier alpha value is -2.90. The molecule has 2 aromatic rings. The molecule has 126 valence electrons. The molecule has 0 unspecified atom stereocenters. The molecular weight excluding hydrogens is 364 g/mol. The van der Waals surface area contributed by atoms with E-state index >= 15 is 0 Å². The lowest BCUT2D eigenvalue weighted by molar-refractivity contribution is -0.122. The molecule has 1 aliphatic rings. The summed E-state index contributed by atoms with van der Waals surface area (Å²) in [6, 6.07) is 10.2. The first-order chi connectivity index (χ1) is 11.9. The van der Waals surface area contributed by atoms with Crippen LogP contribution in [-0.2, 0) is 9.59 Å². The predicted octanol–water partition coefficient (Wildman–Crippen LogP) is 2.58. The van der Waals surface area contributed by atoms with Crippen LogP contribution in [0.2, 0.25) is 5.02 Å². The lowest BCUT2D eigenvalue weighted by Gasteiger charge is -2.29. The molecule has 0 saturated carbocycles. The van der Waals surface area contributed by atoms with Crippen LogP contribution in [0.25, 0.3) is 6.08 Å². The molecule has 0 aliphatic carbocycles. The number of halogens is 1. The number of aromatic hydroxyl groups is 2. The van der Waals surface area contributed by atoms with Crippen molar-refractivity contribution >= 4 is 52.5 Å². The number of rotatable bonds is 2. The minimum atomic E-state index is -0.673. The van der Waals surface area contributed by atoms with Gasteiger partial charge in [0, 0.05) is 16.7 Å². The number of phenols is 2. The number of nitrogens with one attached hydrogen (secondary N) is 1. The van der Waals surface area contributed by atoms with Crippen LogP contribution in [0.15, 0.2) is 48.0 Å². The second-order valence-electron chi connectivity index (χ2n) is 5.18. The van der Waals surface area contributed by atoms with Crippen LogP contribution >= 0.6 is 23.8 Å². The van der Waals surface area contributed by atoms with Gasteiger partial charge < -0.3 is 10.2 Å². The van der Waals surface area contributed by atoms with Gasteiger partial charge in [0.05, 0.1) is 5.69 Å². The van der Waals surface area contributed by atoms with E-state index in [2.05, 4.69) is 5.32 Å². The summed E-state index contributed by atoms with van der Waals surface area (Å²) in [5, 5.41) is 22.1. The standard InChI is InChI=1S/C17H11ClN2O4S/c18-10-2-4-11(5-3-10)20-16(24)13(15(23)19-17(20)25)7-9-1-6-12(21)8-14(9)22/h1-8,21-22H,(H,19,23,25). The summed E-state index contributed by atoms with van der Waals surface area (Å²) in [4.78, 5) is 26.1. The second kappa shape index (κ2) is 6.54. The van der Waals surface area contributed by atoms with Crippen molar-refractivity contribution in [1.29, 1.82) is 0 Å². The molecule has 1 aliphatic heterocycles. The van der Waals surface area contributed by atoms with Gasteiger partial charge in [-0.2, -0.15) is 0 Å². The summed E-state index contributed by atoms with van der Waals surface area (Å²) >= 11 is 10.9. The third-order valence-electron chi connectivity index (χ3n) is 3.50. The van der Waals surface area contributed by atoms with Gasteiger partial charge >= 0.3 is 0 Å². The molecule has 0 aromatic heterocycles. The number of hydrogen-bond acceptors (Lipinski definition) is 5. The molecule has 8 heteroatoms. The Morgan fingerprint density at radius 1 is 1.08 bits per heavy atom. The maximum absolute atomic E-state index is 12.8. The van der Waals surface area contributed by atoms with Crippen molar-refractivity contribution in [3.63, 3.8) is 0 Å². The molecule has 1 saturated heterocycles. The molecule has 0 radical (unpaired) electrons. The summed E-state index contributed by atoms with van der Waals surface area (Å²) < 4.78 is 0. The minimum absolute atomic E-state index is 0.0515. The van der Waals surface area contributed by atoms with Crippen molar-refractivity contribution in [3.05, 3.63) is 58.6 Å². The van der Waals surface area contributed by atoms with Crippen LogP contribution in [-0.4, -0.2) is 27.1 Å². The zero-order valence-electron chi connectivity index (χ0n) is 12.6. The van der Waals surface area contributed by atoms with Crippen molar-refractivity contribution < 1.29 is 19.8 Å². The van der Waals surface area contributed by atoms with Crippen LogP contribution in [0.3, 0.4) is 0 Å². The number of phenolic OH excluding ortho intramolecular Hbond substituents is 2. The topological polar surface area (TPSA) is 89.9 Å². The smallest absolute Gasteiger partial charge is 0.270 e. The monoisotopic (exact) mass is 374 g/mol. The summed E-state index contributed by atoms with van der Waals surface area (Å²) in [5.41, 5.74) is 0.449. The molecule has 2 aromatic carbocycles. The summed E-state index contributed by atoms with van der Waals surface area (Å²) in [6.07, 6.45) is 1.23. The van der Waals surface area contributed by atoms with Crippen LogP contribution in [0.1, 0.15) is 5.56 Å². The molecule has 0 spiro atoms. The van der Waals surface area contributed by atoms with E-state index < -0.39 is 11.8 Å². The van der Waals surface area contributed by atoms with Crippen LogP contribution < -0.4 is 10.2 Å². The first-order valence-electron chi connectivity index (χ1n) is 7.06. The van der Waals surface area contributed by atoms with E-state index in [1.165, 1.54) is 18.2 Å². The van der Waals surface area contributed by atoms with Crippen LogP contribution in [0.5, 0.6) is 11.5 Å². The van der Waals surface area contributed by atoms with E-state index in [0.717, 1.165) is 11.0 Å². The molecule has 1 heterocycles. The summed E-state index contributed by atoms with van der Waals surface area (Å²) in [6.45, 7) is 0. The lowest BCUT2D eigenvalue weighted by atomic mass is 10.1. The normalized spacial score (nSPS) is 16.3. The highest BCUT2D eigenvalue weighted by Gasteiger charge is 2.34. The van der Waals surface area contributed by atoms with Crippen LogP contribution in [0.4, 0.5) is 5.69 Å². The van der Waals surface area contributed by atoms with Crippen molar-refractivity contribution in [2.45, 2.75) is 0 Å².